The molecule has 0 spiro atoms. The van der Waals surface area contributed by atoms with Gasteiger partial charge in [-0.2, -0.15) is 0 Å². The molecule has 6 nitrogen and oxygen atoms in total. The van der Waals surface area contributed by atoms with E-state index >= 15 is 0 Å². The maximum absolute atomic E-state index is 13.8. The van der Waals surface area contributed by atoms with Crippen LogP contribution in [0.2, 0.25) is 5.02 Å². The molecule has 1 aromatic heterocycles. The summed E-state index contributed by atoms with van der Waals surface area (Å²) in [4.78, 5) is 27.7. The van der Waals surface area contributed by atoms with Crippen LogP contribution in [0.4, 0.5) is 15.2 Å². The molecule has 2 aromatic carbocycles. The van der Waals surface area contributed by atoms with E-state index in [0.717, 1.165) is 10.9 Å². The summed E-state index contributed by atoms with van der Waals surface area (Å²) >= 11 is 7.21. The quantitative estimate of drug-likeness (QED) is 0.478. The van der Waals surface area contributed by atoms with Crippen molar-refractivity contribution in [2.45, 2.75) is 13.3 Å². The fraction of sp³-hybridized carbons (Fsp3) is 0.111. The summed E-state index contributed by atoms with van der Waals surface area (Å²) in [6, 6.07) is 10.1. The molecule has 3 aromatic rings. The highest BCUT2D eigenvalue weighted by Crippen LogP contribution is 2.28. The molecule has 0 unspecified atom stereocenters. The molecule has 3 rings (SSSR count). The maximum Gasteiger partial charge on any atom is 0.270 e. The summed E-state index contributed by atoms with van der Waals surface area (Å²) in [6.45, 7) is 1.78. The second-order valence-corrected chi connectivity index (χ2v) is 7.16. The van der Waals surface area contributed by atoms with Crippen molar-refractivity contribution in [3.05, 3.63) is 85.1 Å². The molecular formula is C18H13ClFN3O3S. The van der Waals surface area contributed by atoms with Crippen LogP contribution in [0, 0.1) is 22.9 Å². The van der Waals surface area contributed by atoms with Gasteiger partial charge in [0.05, 0.1) is 21.2 Å². The summed E-state index contributed by atoms with van der Waals surface area (Å²) in [5.74, 6) is -0.824. The van der Waals surface area contributed by atoms with E-state index in [1.165, 1.54) is 29.5 Å². The van der Waals surface area contributed by atoms with Crippen molar-refractivity contribution < 1.29 is 14.1 Å². The number of aromatic nitrogens is 1. The van der Waals surface area contributed by atoms with E-state index in [4.69, 9.17) is 11.6 Å². The number of hydrogen-bond acceptors (Lipinski definition) is 5. The van der Waals surface area contributed by atoms with Gasteiger partial charge in [0, 0.05) is 23.4 Å². The molecule has 1 N–H and O–H groups in total. The molecule has 0 bridgehead atoms. The number of thiazole rings is 1. The van der Waals surface area contributed by atoms with Crippen molar-refractivity contribution in [1.82, 2.24) is 4.98 Å². The summed E-state index contributed by atoms with van der Waals surface area (Å²) in [6.07, 6.45) is 0.365. The third kappa shape index (κ3) is 4.29. The fourth-order valence-corrected chi connectivity index (χ4v) is 3.67. The minimum atomic E-state index is -0.591. The van der Waals surface area contributed by atoms with E-state index in [9.17, 15) is 19.3 Å². The molecule has 0 saturated heterocycles. The molecule has 0 atom stereocenters. The van der Waals surface area contributed by atoms with Crippen LogP contribution in [-0.4, -0.2) is 15.8 Å². The molecule has 0 aliphatic heterocycles. The van der Waals surface area contributed by atoms with Gasteiger partial charge in [-0.25, -0.2) is 9.37 Å². The van der Waals surface area contributed by atoms with Gasteiger partial charge in [0.1, 0.15) is 5.82 Å². The van der Waals surface area contributed by atoms with E-state index in [-0.39, 0.29) is 22.1 Å². The normalized spacial score (nSPS) is 10.6. The Bertz CT molecular complexity index is 1040. The fourth-order valence-electron chi connectivity index (χ4n) is 2.43. The predicted octanol–water partition coefficient (Wildman–Crippen LogP) is 5.00. The van der Waals surface area contributed by atoms with Crippen molar-refractivity contribution in [2.75, 3.05) is 5.32 Å². The Labute approximate surface area is 162 Å². The number of rotatable bonds is 5. The van der Waals surface area contributed by atoms with Crippen molar-refractivity contribution in [3.8, 4) is 0 Å². The maximum atomic E-state index is 13.8. The number of nitrogens with one attached hydrogen (secondary N) is 1. The number of carbonyl (C=O) groups is 1. The Morgan fingerprint density at radius 1 is 1.33 bits per heavy atom. The van der Waals surface area contributed by atoms with Gasteiger partial charge in [0.15, 0.2) is 5.13 Å². The molecule has 0 saturated carbocycles. The minimum Gasteiger partial charge on any atom is -0.298 e. The molecule has 27 heavy (non-hydrogen) atoms. The van der Waals surface area contributed by atoms with Crippen LogP contribution in [0.5, 0.6) is 0 Å². The topological polar surface area (TPSA) is 85.1 Å². The number of aryl methyl sites for hydroxylation is 1. The molecule has 1 heterocycles. The van der Waals surface area contributed by atoms with Crippen LogP contribution < -0.4 is 5.32 Å². The first-order chi connectivity index (χ1) is 12.8. The average Bonchev–Trinajstić information content (AvgIpc) is 2.95. The second-order valence-electron chi connectivity index (χ2n) is 5.67. The van der Waals surface area contributed by atoms with Crippen LogP contribution in [0.3, 0.4) is 0 Å². The van der Waals surface area contributed by atoms with E-state index in [0.29, 0.717) is 22.8 Å². The lowest BCUT2D eigenvalue weighted by Crippen LogP contribution is -2.12. The number of halogens is 2. The van der Waals surface area contributed by atoms with Gasteiger partial charge in [0.2, 0.25) is 0 Å². The summed E-state index contributed by atoms with van der Waals surface area (Å²) in [5, 5.41) is 13.7. The van der Waals surface area contributed by atoms with Gasteiger partial charge >= 0.3 is 0 Å². The zero-order valence-electron chi connectivity index (χ0n) is 14.0. The third-order valence-corrected chi connectivity index (χ3v) is 5.22. The lowest BCUT2D eigenvalue weighted by Gasteiger charge is -2.04. The third-order valence-electron chi connectivity index (χ3n) is 3.83. The number of amides is 1. The number of carbonyl (C=O) groups excluding carboxylic acids is 1. The van der Waals surface area contributed by atoms with Crippen molar-refractivity contribution in [3.63, 3.8) is 0 Å². The lowest BCUT2D eigenvalue weighted by atomic mass is 10.1. The lowest BCUT2D eigenvalue weighted by molar-refractivity contribution is -0.384. The molecule has 9 heteroatoms. The molecular weight excluding hydrogens is 393 g/mol. The molecule has 138 valence electrons. The first-order valence-corrected chi connectivity index (χ1v) is 8.99. The zero-order chi connectivity index (χ0) is 19.6. The van der Waals surface area contributed by atoms with Gasteiger partial charge < -0.3 is 0 Å². The summed E-state index contributed by atoms with van der Waals surface area (Å²) < 4.78 is 13.8. The van der Waals surface area contributed by atoms with Crippen LogP contribution in [0.25, 0.3) is 0 Å². The Morgan fingerprint density at radius 3 is 2.74 bits per heavy atom. The predicted molar refractivity (Wildman–Crippen MR) is 102 cm³/mol. The smallest absolute Gasteiger partial charge is 0.270 e. The number of non-ortho nitro benzene ring substituents is 1. The van der Waals surface area contributed by atoms with Gasteiger partial charge in [-0.15, -0.1) is 11.3 Å². The number of anilines is 1. The van der Waals surface area contributed by atoms with Crippen LogP contribution in [0.1, 0.15) is 26.5 Å². The van der Waals surface area contributed by atoms with E-state index in [1.807, 2.05) is 0 Å². The number of nitro groups is 1. The van der Waals surface area contributed by atoms with Crippen molar-refractivity contribution in [1.29, 1.82) is 0 Å². The Morgan fingerprint density at radius 2 is 2.07 bits per heavy atom. The van der Waals surface area contributed by atoms with E-state index in [2.05, 4.69) is 10.3 Å². The highest BCUT2D eigenvalue weighted by molar-refractivity contribution is 7.15. The average molecular weight is 406 g/mol. The van der Waals surface area contributed by atoms with Gasteiger partial charge in [0.25, 0.3) is 11.6 Å². The van der Waals surface area contributed by atoms with Gasteiger partial charge in [-0.3, -0.25) is 20.2 Å². The second kappa shape index (κ2) is 7.81. The largest absolute Gasteiger partial charge is 0.298 e. The number of nitro benzene ring substituents is 1. The van der Waals surface area contributed by atoms with Crippen LogP contribution >= 0.6 is 22.9 Å². The SMILES string of the molecule is Cc1nc(NC(=O)c2ccc([N+](=O)[O-])cc2Cl)sc1Cc1ccccc1F. The molecule has 0 radical (unpaired) electrons. The molecule has 0 aliphatic rings. The minimum absolute atomic E-state index is 0.0263. The van der Waals surface area contributed by atoms with Crippen molar-refractivity contribution >= 4 is 39.7 Å². The summed E-state index contributed by atoms with van der Waals surface area (Å²) in [7, 11) is 0. The van der Waals surface area contributed by atoms with Crippen molar-refractivity contribution in [2.24, 2.45) is 0 Å². The zero-order valence-corrected chi connectivity index (χ0v) is 15.6. The Kier molecular flexibility index (Phi) is 5.48. The molecule has 0 fully saturated rings. The number of benzene rings is 2. The standard InChI is InChI=1S/C18H13ClFN3O3S/c1-10-16(8-11-4-2-3-5-15(11)20)27-18(21-10)22-17(24)13-7-6-12(23(25)26)9-14(13)19/h2-7,9H,8H2,1H3,(H,21,22,24). The van der Waals surface area contributed by atoms with E-state index < -0.39 is 10.8 Å². The van der Waals surface area contributed by atoms with Gasteiger partial charge in [-0.1, -0.05) is 29.8 Å². The highest BCUT2D eigenvalue weighted by atomic mass is 35.5. The Hall–Kier alpha value is -2.84. The summed E-state index contributed by atoms with van der Waals surface area (Å²) in [5.41, 5.74) is 1.13. The number of hydrogen-bond donors (Lipinski definition) is 1. The molecule has 0 aliphatic carbocycles. The van der Waals surface area contributed by atoms with E-state index in [1.54, 1.807) is 25.1 Å². The van der Waals surface area contributed by atoms with Crippen LogP contribution in [0.15, 0.2) is 42.5 Å². The monoisotopic (exact) mass is 405 g/mol. The first-order valence-electron chi connectivity index (χ1n) is 7.80. The molecule has 1 amide bonds. The van der Waals surface area contributed by atoms with Gasteiger partial charge in [-0.05, 0) is 24.6 Å². The Balaban J connectivity index is 1.78. The highest BCUT2D eigenvalue weighted by Gasteiger charge is 2.17. The van der Waals surface area contributed by atoms with Crippen LogP contribution in [-0.2, 0) is 6.42 Å². The number of nitrogens with zero attached hydrogens (tertiary/aromatic N) is 2. The first kappa shape index (κ1) is 18.9.